The van der Waals surface area contributed by atoms with Crippen LogP contribution in [0.2, 0.25) is 0 Å². The molecule has 0 fully saturated rings. The number of hydrogen-bond acceptors (Lipinski definition) is 4. The lowest BCUT2D eigenvalue weighted by molar-refractivity contribution is 0.602. The molecule has 2 atom stereocenters. The number of pyridine rings is 1. The average molecular weight is 247 g/mol. The molecule has 0 spiro atoms. The number of rotatable bonds is 3. The molecule has 0 aliphatic rings. The molecule has 2 unspecified atom stereocenters. The van der Waals surface area contributed by atoms with Crippen molar-refractivity contribution >= 4 is 11.3 Å². The third kappa shape index (κ3) is 2.53. The van der Waals surface area contributed by atoms with E-state index in [1.165, 1.54) is 10.4 Å². The smallest absolute Gasteiger partial charge is 0.0900 e. The molecule has 0 saturated carbocycles. The van der Waals surface area contributed by atoms with Gasteiger partial charge in [0.2, 0.25) is 0 Å². The molecule has 90 valence electrons. The molecule has 0 saturated heterocycles. The van der Waals surface area contributed by atoms with Gasteiger partial charge in [-0.3, -0.25) is 4.98 Å². The van der Waals surface area contributed by atoms with Gasteiger partial charge in [-0.2, -0.15) is 0 Å². The predicted molar refractivity (Wildman–Crippen MR) is 71.2 cm³/mol. The topological polar surface area (TPSA) is 51.8 Å². The summed E-state index contributed by atoms with van der Waals surface area (Å²) >= 11 is 1.69. The Balaban J connectivity index is 2.26. The Morgan fingerprint density at radius 2 is 1.88 bits per heavy atom. The zero-order chi connectivity index (χ0) is 12.4. The molecule has 17 heavy (non-hydrogen) atoms. The van der Waals surface area contributed by atoms with Crippen molar-refractivity contribution in [2.45, 2.75) is 32.7 Å². The maximum absolute atomic E-state index is 6.33. The average Bonchev–Trinajstić information content (AvgIpc) is 2.68. The molecule has 0 aromatic carbocycles. The number of nitrogens with zero attached hydrogens (tertiary/aromatic N) is 2. The minimum atomic E-state index is 0.00333. The second kappa shape index (κ2) is 4.94. The van der Waals surface area contributed by atoms with Crippen LogP contribution < -0.4 is 5.73 Å². The Morgan fingerprint density at radius 1 is 1.24 bits per heavy atom. The summed E-state index contributed by atoms with van der Waals surface area (Å²) in [6, 6.07) is 4.05. The first-order chi connectivity index (χ1) is 8.09. The van der Waals surface area contributed by atoms with Crippen molar-refractivity contribution < 1.29 is 0 Å². The summed E-state index contributed by atoms with van der Waals surface area (Å²) in [7, 11) is 0. The van der Waals surface area contributed by atoms with Crippen LogP contribution in [0.25, 0.3) is 0 Å². The molecule has 3 nitrogen and oxygen atoms in total. The predicted octanol–water partition coefficient (Wildman–Crippen LogP) is 2.96. The summed E-state index contributed by atoms with van der Waals surface area (Å²) in [6.45, 7) is 6.19. The van der Waals surface area contributed by atoms with Crippen LogP contribution >= 0.6 is 11.3 Å². The standard InChI is InChI=1S/C13H17N3S/c1-8(11-4-6-15-7-5-11)12(14)13-9(2)16-10(3)17-13/h4-8,12H,14H2,1-3H3. The Kier molecular flexibility index (Phi) is 3.54. The SMILES string of the molecule is Cc1nc(C)c(C(N)C(C)c2ccncc2)s1. The fraction of sp³-hybridized carbons (Fsp3) is 0.385. The van der Waals surface area contributed by atoms with E-state index in [4.69, 9.17) is 5.73 Å². The van der Waals surface area contributed by atoms with Crippen molar-refractivity contribution in [2.75, 3.05) is 0 Å². The Hall–Kier alpha value is -1.26. The number of aromatic nitrogens is 2. The monoisotopic (exact) mass is 247 g/mol. The summed E-state index contributed by atoms with van der Waals surface area (Å²) in [4.78, 5) is 9.65. The highest BCUT2D eigenvalue weighted by molar-refractivity contribution is 7.11. The van der Waals surface area contributed by atoms with E-state index >= 15 is 0 Å². The lowest BCUT2D eigenvalue weighted by Gasteiger charge is -2.19. The van der Waals surface area contributed by atoms with E-state index in [0.717, 1.165) is 10.7 Å². The molecule has 2 aromatic heterocycles. The highest BCUT2D eigenvalue weighted by Gasteiger charge is 2.20. The van der Waals surface area contributed by atoms with E-state index in [1.807, 2.05) is 38.4 Å². The van der Waals surface area contributed by atoms with Gasteiger partial charge in [-0.25, -0.2) is 4.98 Å². The van der Waals surface area contributed by atoms with Crippen LogP contribution in [0, 0.1) is 13.8 Å². The Bertz CT molecular complexity index is 493. The first kappa shape index (κ1) is 12.2. The molecular formula is C13H17N3S. The molecule has 0 radical (unpaired) electrons. The highest BCUT2D eigenvalue weighted by atomic mass is 32.1. The minimum Gasteiger partial charge on any atom is -0.323 e. The van der Waals surface area contributed by atoms with Crippen LogP contribution in [-0.2, 0) is 0 Å². The number of nitrogens with two attached hydrogens (primary N) is 1. The molecule has 2 N–H and O–H groups in total. The number of thiazole rings is 1. The summed E-state index contributed by atoms with van der Waals surface area (Å²) < 4.78 is 0. The van der Waals surface area contributed by atoms with E-state index < -0.39 is 0 Å². The lowest BCUT2D eigenvalue weighted by Crippen LogP contribution is -2.17. The van der Waals surface area contributed by atoms with Crippen molar-refractivity contribution in [1.82, 2.24) is 9.97 Å². The van der Waals surface area contributed by atoms with Crippen molar-refractivity contribution in [3.8, 4) is 0 Å². The second-order valence-corrected chi connectivity index (χ2v) is 5.51. The van der Waals surface area contributed by atoms with Gasteiger partial charge in [0.25, 0.3) is 0 Å². The van der Waals surface area contributed by atoms with Crippen molar-refractivity contribution in [2.24, 2.45) is 5.73 Å². The fourth-order valence-electron chi connectivity index (χ4n) is 1.96. The van der Waals surface area contributed by atoms with E-state index in [1.54, 1.807) is 11.3 Å². The Morgan fingerprint density at radius 3 is 2.41 bits per heavy atom. The van der Waals surface area contributed by atoms with Crippen LogP contribution in [0.1, 0.15) is 40.0 Å². The fourth-order valence-corrected chi connectivity index (χ4v) is 2.99. The molecule has 2 heterocycles. The summed E-state index contributed by atoms with van der Waals surface area (Å²) in [5.74, 6) is 0.275. The van der Waals surface area contributed by atoms with Gasteiger partial charge in [-0.1, -0.05) is 6.92 Å². The van der Waals surface area contributed by atoms with Gasteiger partial charge in [0.05, 0.1) is 10.7 Å². The molecule has 0 aliphatic carbocycles. The van der Waals surface area contributed by atoms with Crippen LogP contribution in [0.5, 0.6) is 0 Å². The Labute approximate surface area is 106 Å². The quantitative estimate of drug-likeness (QED) is 0.907. The zero-order valence-corrected chi connectivity index (χ0v) is 11.2. The van der Waals surface area contributed by atoms with Crippen LogP contribution in [0.3, 0.4) is 0 Å². The van der Waals surface area contributed by atoms with Gasteiger partial charge in [0.15, 0.2) is 0 Å². The van der Waals surface area contributed by atoms with E-state index in [2.05, 4.69) is 16.9 Å². The summed E-state index contributed by atoms with van der Waals surface area (Å²) in [6.07, 6.45) is 3.62. The lowest BCUT2D eigenvalue weighted by atomic mass is 9.93. The first-order valence-corrected chi connectivity index (χ1v) is 6.50. The number of hydrogen-bond donors (Lipinski definition) is 1. The van der Waals surface area contributed by atoms with E-state index in [0.29, 0.717) is 0 Å². The minimum absolute atomic E-state index is 0.00333. The molecule has 0 bridgehead atoms. The maximum Gasteiger partial charge on any atom is 0.0900 e. The highest BCUT2D eigenvalue weighted by Crippen LogP contribution is 2.33. The summed E-state index contributed by atoms with van der Waals surface area (Å²) in [5.41, 5.74) is 8.61. The van der Waals surface area contributed by atoms with Crippen molar-refractivity contribution in [3.63, 3.8) is 0 Å². The maximum atomic E-state index is 6.33. The van der Waals surface area contributed by atoms with Gasteiger partial charge >= 0.3 is 0 Å². The van der Waals surface area contributed by atoms with Crippen molar-refractivity contribution in [3.05, 3.63) is 45.7 Å². The summed E-state index contributed by atoms with van der Waals surface area (Å²) in [5, 5.41) is 1.08. The van der Waals surface area contributed by atoms with Crippen LogP contribution in [0.15, 0.2) is 24.5 Å². The van der Waals surface area contributed by atoms with Crippen LogP contribution in [0.4, 0.5) is 0 Å². The molecule has 4 heteroatoms. The first-order valence-electron chi connectivity index (χ1n) is 5.69. The molecular weight excluding hydrogens is 230 g/mol. The molecule has 2 aromatic rings. The van der Waals surface area contributed by atoms with Crippen LogP contribution in [-0.4, -0.2) is 9.97 Å². The molecule has 0 aliphatic heterocycles. The van der Waals surface area contributed by atoms with Gasteiger partial charge < -0.3 is 5.73 Å². The normalized spacial score (nSPS) is 14.6. The molecule has 0 amide bonds. The molecule has 2 rings (SSSR count). The third-order valence-electron chi connectivity index (χ3n) is 3.01. The largest absolute Gasteiger partial charge is 0.323 e. The van der Waals surface area contributed by atoms with Gasteiger partial charge in [-0.15, -0.1) is 11.3 Å². The van der Waals surface area contributed by atoms with Gasteiger partial charge in [0, 0.05) is 29.2 Å². The van der Waals surface area contributed by atoms with E-state index in [9.17, 15) is 0 Å². The van der Waals surface area contributed by atoms with Gasteiger partial charge in [-0.05, 0) is 31.5 Å². The second-order valence-electron chi connectivity index (χ2n) is 4.28. The zero-order valence-electron chi connectivity index (χ0n) is 10.3. The van der Waals surface area contributed by atoms with Gasteiger partial charge in [0.1, 0.15) is 0 Å². The van der Waals surface area contributed by atoms with Crippen molar-refractivity contribution in [1.29, 1.82) is 0 Å². The van der Waals surface area contributed by atoms with E-state index in [-0.39, 0.29) is 12.0 Å². The number of aryl methyl sites for hydroxylation is 2. The third-order valence-corrected chi connectivity index (χ3v) is 4.19.